The zero-order valence-corrected chi connectivity index (χ0v) is 10.6. The van der Waals surface area contributed by atoms with Crippen LogP contribution in [-0.4, -0.2) is 60.5 Å². The molecular formula is C13H20N2O3. The molecule has 0 spiro atoms. The summed E-state index contributed by atoms with van der Waals surface area (Å²) < 4.78 is 5.33. The van der Waals surface area contributed by atoms with Crippen molar-refractivity contribution in [3.05, 3.63) is 0 Å². The molecule has 2 unspecified atom stereocenters. The summed E-state index contributed by atoms with van der Waals surface area (Å²) in [4.78, 5) is 28.0. The molecule has 0 aromatic rings. The lowest BCUT2D eigenvalue weighted by atomic mass is 9.97. The molecule has 3 fully saturated rings. The summed E-state index contributed by atoms with van der Waals surface area (Å²) in [5.41, 5.74) is 0. The Morgan fingerprint density at radius 1 is 1.22 bits per heavy atom. The van der Waals surface area contributed by atoms with Gasteiger partial charge in [0, 0.05) is 25.6 Å². The molecule has 0 saturated carbocycles. The highest BCUT2D eigenvalue weighted by Crippen LogP contribution is 2.24. The third-order valence-electron chi connectivity index (χ3n) is 4.25. The van der Waals surface area contributed by atoms with Gasteiger partial charge in [0.2, 0.25) is 11.8 Å². The number of carbonyl (C=O) groups excluding carboxylic acids is 2. The SMILES string of the molecule is O=C1C2CCCCN2C(=O)CN1CC1CCOC1. The van der Waals surface area contributed by atoms with Gasteiger partial charge in [-0.15, -0.1) is 0 Å². The third-order valence-corrected chi connectivity index (χ3v) is 4.25. The summed E-state index contributed by atoms with van der Waals surface area (Å²) in [6.07, 6.45) is 3.93. The molecule has 100 valence electrons. The van der Waals surface area contributed by atoms with Gasteiger partial charge < -0.3 is 14.5 Å². The zero-order chi connectivity index (χ0) is 12.5. The van der Waals surface area contributed by atoms with E-state index in [0.717, 1.165) is 45.4 Å². The first-order chi connectivity index (χ1) is 8.75. The summed E-state index contributed by atoms with van der Waals surface area (Å²) in [5, 5.41) is 0. The lowest BCUT2D eigenvalue weighted by Gasteiger charge is -2.43. The van der Waals surface area contributed by atoms with Gasteiger partial charge in [-0.1, -0.05) is 0 Å². The van der Waals surface area contributed by atoms with E-state index in [2.05, 4.69) is 0 Å². The minimum atomic E-state index is -0.178. The Bertz CT molecular complexity index is 352. The van der Waals surface area contributed by atoms with Crippen molar-refractivity contribution in [3.8, 4) is 0 Å². The second-order valence-electron chi connectivity index (χ2n) is 5.55. The first kappa shape index (κ1) is 12.0. The molecule has 3 rings (SSSR count). The number of fused-ring (bicyclic) bond motifs is 1. The molecule has 3 heterocycles. The van der Waals surface area contributed by atoms with Gasteiger partial charge in [0.25, 0.3) is 0 Å². The Kier molecular flexibility index (Phi) is 3.24. The Morgan fingerprint density at radius 3 is 2.89 bits per heavy atom. The molecule has 5 nitrogen and oxygen atoms in total. The van der Waals surface area contributed by atoms with Gasteiger partial charge in [0.15, 0.2) is 0 Å². The van der Waals surface area contributed by atoms with Crippen LogP contribution in [0, 0.1) is 5.92 Å². The number of nitrogens with zero attached hydrogens (tertiary/aromatic N) is 2. The monoisotopic (exact) mass is 252 g/mol. The first-order valence-corrected chi connectivity index (χ1v) is 6.91. The largest absolute Gasteiger partial charge is 0.381 e. The normalized spacial score (nSPS) is 32.9. The van der Waals surface area contributed by atoms with Gasteiger partial charge >= 0.3 is 0 Å². The quantitative estimate of drug-likeness (QED) is 0.707. The van der Waals surface area contributed by atoms with Gasteiger partial charge in [0.05, 0.1) is 13.2 Å². The van der Waals surface area contributed by atoms with Gasteiger partial charge in [-0.3, -0.25) is 9.59 Å². The van der Waals surface area contributed by atoms with Crippen molar-refractivity contribution in [1.29, 1.82) is 0 Å². The topological polar surface area (TPSA) is 49.9 Å². The summed E-state index contributed by atoms with van der Waals surface area (Å²) in [6.45, 7) is 3.24. The lowest BCUT2D eigenvalue weighted by Crippen LogP contribution is -2.61. The van der Waals surface area contributed by atoms with E-state index in [-0.39, 0.29) is 24.4 Å². The highest BCUT2D eigenvalue weighted by atomic mass is 16.5. The molecule has 2 atom stereocenters. The maximum Gasteiger partial charge on any atom is 0.245 e. The molecule has 2 amide bonds. The fourth-order valence-electron chi connectivity index (χ4n) is 3.22. The van der Waals surface area contributed by atoms with Gasteiger partial charge in [-0.25, -0.2) is 0 Å². The van der Waals surface area contributed by atoms with Crippen LogP contribution in [0.3, 0.4) is 0 Å². The third kappa shape index (κ3) is 2.11. The van der Waals surface area contributed by atoms with Crippen molar-refractivity contribution in [3.63, 3.8) is 0 Å². The van der Waals surface area contributed by atoms with E-state index >= 15 is 0 Å². The van der Waals surface area contributed by atoms with Crippen LogP contribution in [0.2, 0.25) is 0 Å². The second kappa shape index (κ2) is 4.88. The Balaban J connectivity index is 1.68. The number of carbonyl (C=O) groups is 2. The van der Waals surface area contributed by atoms with E-state index < -0.39 is 0 Å². The summed E-state index contributed by atoms with van der Waals surface area (Å²) in [7, 11) is 0. The molecule has 18 heavy (non-hydrogen) atoms. The fourth-order valence-corrected chi connectivity index (χ4v) is 3.22. The average molecular weight is 252 g/mol. The summed E-state index contributed by atoms with van der Waals surface area (Å²) in [6, 6.07) is -0.178. The van der Waals surface area contributed by atoms with Crippen molar-refractivity contribution in [1.82, 2.24) is 9.80 Å². The van der Waals surface area contributed by atoms with Gasteiger partial charge in [-0.05, 0) is 25.7 Å². The number of amides is 2. The van der Waals surface area contributed by atoms with E-state index in [9.17, 15) is 9.59 Å². The molecule has 3 aliphatic heterocycles. The molecule has 0 aromatic carbocycles. The number of rotatable bonds is 2. The van der Waals surface area contributed by atoms with Crippen molar-refractivity contribution in [2.45, 2.75) is 31.7 Å². The standard InChI is InChI=1S/C13H20N2O3/c16-12-8-14(7-10-4-6-18-9-10)13(17)11-3-1-2-5-15(11)12/h10-11H,1-9H2. The Hall–Kier alpha value is -1.10. The van der Waals surface area contributed by atoms with Crippen molar-refractivity contribution >= 4 is 11.8 Å². The van der Waals surface area contributed by atoms with Crippen LogP contribution < -0.4 is 0 Å². The van der Waals surface area contributed by atoms with Crippen molar-refractivity contribution < 1.29 is 14.3 Å². The molecule has 3 saturated heterocycles. The number of ether oxygens (including phenoxy) is 1. The molecule has 0 bridgehead atoms. The molecule has 5 heteroatoms. The van der Waals surface area contributed by atoms with Crippen LogP contribution >= 0.6 is 0 Å². The number of piperazine rings is 1. The predicted molar refractivity (Wildman–Crippen MR) is 64.9 cm³/mol. The van der Waals surface area contributed by atoms with Crippen LogP contribution in [0.5, 0.6) is 0 Å². The van der Waals surface area contributed by atoms with E-state index in [0.29, 0.717) is 12.5 Å². The predicted octanol–water partition coefficient (Wildman–Crippen LogP) is 0.246. The van der Waals surface area contributed by atoms with Crippen LogP contribution in [0.25, 0.3) is 0 Å². The molecule has 0 N–H and O–H groups in total. The number of hydrogen-bond donors (Lipinski definition) is 0. The summed E-state index contributed by atoms with van der Waals surface area (Å²) >= 11 is 0. The highest BCUT2D eigenvalue weighted by molar-refractivity contribution is 5.95. The molecule has 3 aliphatic rings. The Labute approximate surface area is 107 Å². The van der Waals surface area contributed by atoms with Crippen molar-refractivity contribution in [2.24, 2.45) is 5.92 Å². The smallest absolute Gasteiger partial charge is 0.245 e. The maximum atomic E-state index is 12.4. The number of hydrogen-bond acceptors (Lipinski definition) is 3. The van der Waals surface area contributed by atoms with E-state index in [4.69, 9.17) is 4.74 Å². The van der Waals surface area contributed by atoms with Crippen LogP contribution in [-0.2, 0) is 14.3 Å². The van der Waals surface area contributed by atoms with Crippen molar-refractivity contribution in [2.75, 3.05) is 32.8 Å². The minimum Gasteiger partial charge on any atom is -0.381 e. The fraction of sp³-hybridized carbons (Fsp3) is 0.846. The Morgan fingerprint density at radius 2 is 2.11 bits per heavy atom. The maximum absolute atomic E-state index is 12.4. The molecular weight excluding hydrogens is 232 g/mol. The second-order valence-corrected chi connectivity index (χ2v) is 5.55. The minimum absolute atomic E-state index is 0.123. The molecule has 0 aromatic heterocycles. The first-order valence-electron chi connectivity index (χ1n) is 6.91. The number of piperidine rings is 1. The average Bonchev–Trinajstić information content (AvgIpc) is 2.89. The summed E-state index contributed by atoms with van der Waals surface area (Å²) in [5.74, 6) is 0.691. The zero-order valence-electron chi connectivity index (χ0n) is 10.6. The van der Waals surface area contributed by atoms with E-state index in [1.807, 2.05) is 0 Å². The van der Waals surface area contributed by atoms with E-state index in [1.165, 1.54) is 0 Å². The van der Waals surface area contributed by atoms with Gasteiger partial charge in [0.1, 0.15) is 6.04 Å². The van der Waals surface area contributed by atoms with Gasteiger partial charge in [-0.2, -0.15) is 0 Å². The molecule has 0 aliphatic carbocycles. The van der Waals surface area contributed by atoms with Crippen LogP contribution in [0.4, 0.5) is 0 Å². The molecule has 0 radical (unpaired) electrons. The van der Waals surface area contributed by atoms with Crippen LogP contribution in [0.1, 0.15) is 25.7 Å². The van der Waals surface area contributed by atoms with Crippen LogP contribution in [0.15, 0.2) is 0 Å². The van der Waals surface area contributed by atoms with E-state index in [1.54, 1.807) is 9.80 Å². The lowest BCUT2D eigenvalue weighted by molar-refractivity contribution is -0.158. The highest BCUT2D eigenvalue weighted by Gasteiger charge is 2.40.